The number of ether oxygens (including phenoxy) is 1. The summed E-state index contributed by atoms with van der Waals surface area (Å²) in [5.74, 6) is -1.16. The number of hydrogen-bond donors (Lipinski definition) is 1. The third-order valence-electron chi connectivity index (χ3n) is 3.54. The van der Waals surface area contributed by atoms with Crippen molar-refractivity contribution >= 4 is 23.4 Å². The number of hydrogen-bond acceptors (Lipinski definition) is 4. The predicted octanol–water partition coefficient (Wildman–Crippen LogP) is 2.85. The third-order valence-corrected chi connectivity index (χ3v) is 3.54. The number of amides is 2. The number of carbonyl (C=O) groups is 2. The molecular formula is C16H14AcFN4O3-. The second-order valence-electron chi connectivity index (χ2n) is 5.18. The number of anilines is 2. The molecule has 0 bridgehead atoms. The Morgan fingerprint density at radius 3 is 2.84 bits per heavy atom. The zero-order valence-electron chi connectivity index (χ0n) is 13.1. The van der Waals surface area contributed by atoms with Crippen molar-refractivity contribution in [1.29, 1.82) is 0 Å². The van der Waals surface area contributed by atoms with Crippen molar-refractivity contribution < 1.29 is 62.8 Å². The first kappa shape index (κ1) is 19.8. The van der Waals surface area contributed by atoms with Crippen molar-refractivity contribution in [3.63, 3.8) is 0 Å². The number of halogens is 1. The first-order valence-corrected chi connectivity index (χ1v) is 7.22. The first-order valence-electron chi connectivity index (χ1n) is 7.22. The van der Waals surface area contributed by atoms with E-state index in [1.54, 1.807) is 12.1 Å². The number of nitrogens with one attached hydrogen (secondary N) is 2. The fourth-order valence-electron chi connectivity index (χ4n) is 2.30. The maximum Gasteiger partial charge on any atom is 0.414 e. The molecule has 2 N–H and O–H groups in total. The molecule has 1 aliphatic heterocycles. The number of nitrogens with zero attached hydrogens (tertiary/aromatic N) is 2. The molecule has 7 nitrogen and oxygen atoms in total. The molecule has 2 heterocycles. The van der Waals surface area contributed by atoms with Crippen LogP contribution in [0.3, 0.4) is 0 Å². The van der Waals surface area contributed by atoms with Gasteiger partial charge in [-0.25, -0.2) is 9.18 Å². The smallest absolute Gasteiger partial charge is 0.414 e. The van der Waals surface area contributed by atoms with E-state index in [4.69, 9.17) is 10.5 Å². The van der Waals surface area contributed by atoms with Crippen LogP contribution in [0.4, 0.5) is 20.6 Å². The summed E-state index contributed by atoms with van der Waals surface area (Å²) in [6, 6.07) is 7.20. The van der Waals surface area contributed by atoms with E-state index in [0.717, 1.165) is 6.07 Å². The molecule has 127 valence electrons. The van der Waals surface area contributed by atoms with Crippen LogP contribution in [0.1, 0.15) is 10.4 Å². The molecule has 0 aliphatic carbocycles. The summed E-state index contributed by atoms with van der Waals surface area (Å²) >= 11 is 0. The number of aromatic nitrogens is 1. The molecule has 9 heteroatoms. The van der Waals surface area contributed by atoms with Crippen LogP contribution in [0, 0.1) is 49.9 Å². The van der Waals surface area contributed by atoms with Gasteiger partial charge in [0.2, 0.25) is 0 Å². The zero-order chi connectivity index (χ0) is 17.1. The van der Waals surface area contributed by atoms with Crippen LogP contribution in [0.5, 0.6) is 0 Å². The van der Waals surface area contributed by atoms with E-state index in [9.17, 15) is 14.0 Å². The Kier molecular flexibility index (Phi) is 6.88. The molecule has 2 amide bonds. The first-order chi connectivity index (χ1) is 11.6. The topological polar surface area (TPSA) is 95.3 Å². The predicted molar refractivity (Wildman–Crippen MR) is 85.4 cm³/mol. The van der Waals surface area contributed by atoms with E-state index >= 15 is 0 Å². The van der Waals surface area contributed by atoms with Crippen molar-refractivity contribution in [2.45, 2.75) is 6.10 Å². The molecule has 1 atom stereocenters. The maximum absolute atomic E-state index is 14.2. The van der Waals surface area contributed by atoms with Crippen molar-refractivity contribution in [3.8, 4) is 0 Å². The summed E-state index contributed by atoms with van der Waals surface area (Å²) in [6.45, 7) is 0.146. The van der Waals surface area contributed by atoms with E-state index < -0.39 is 23.9 Å². The quantitative estimate of drug-likeness (QED) is 0.627. The van der Waals surface area contributed by atoms with Gasteiger partial charge in [0.15, 0.2) is 0 Å². The van der Waals surface area contributed by atoms with Gasteiger partial charge < -0.3 is 15.8 Å². The molecule has 3 rings (SSSR count). The van der Waals surface area contributed by atoms with Gasteiger partial charge in [0.05, 0.1) is 23.5 Å². The van der Waals surface area contributed by atoms with Crippen LogP contribution in [0.2, 0.25) is 0 Å². The van der Waals surface area contributed by atoms with Crippen molar-refractivity contribution in [3.05, 3.63) is 59.8 Å². The molecular weight excluding hydrogens is 542 g/mol. The van der Waals surface area contributed by atoms with Crippen LogP contribution >= 0.6 is 0 Å². The molecule has 2 aromatic rings. The molecule has 1 aromatic heterocycles. The van der Waals surface area contributed by atoms with Gasteiger partial charge in [0, 0.05) is 56.5 Å². The second-order valence-corrected chi connectivity index (χ2v) is 5.18. The minimum Gasteiger partial charge on any atom is -0.674 e. The average Bonchev–Trinajstić information content (AvgIpc) is 2.98. The van der Waals surface area contributed by atoms with Crippen molar-refractivity contribution in [1.82, 2.24) is 4.98 Å². The van der Waals surface area contributed by atoms with Gasteiger partial charge in [-0.05, 0) is 30.3 Å². The Morgan fingerprint density at radius 1 is 1.44 bits per heavy atom. The van der Waals surface area contributed by atoms with Crippen molar-refractivity contribution in [2.75, 3.05) is 23.3 Å². The van der Waals surface area contributed by atoms with Gasteiger partial charge in [0.1, 0.15) is 11.9 Å². The molecule has 0 spiro atoms. The Labute approximate surface area is 179 Å². The van der Waals surface area contributed by atoms with E-state index in [1.165, 1.54) is 29.4 Å². The molecule has 0 unspecified atom stereocenters. The van der Waals surface area contributed by atoms with Crippen LogP contribution < -0.4 is 10.2 Å². The number of carbonyl (C=O) groups excluding carboxylic acids is 2. The van der Waals surface area contributed by atoms with Crippen LogP contribution in [-0.4, -0.2) is 36.2 Å². The van der Waals surface area contributed by atoms with Gasteiger partial charge in [-0.1, -0.05) is 0 Å². The summed E-state index contributed by atoms with van der Waals surface area (Å²) in [6.07, 6.45) is 1.78. The minimum atomic E-state index is -0.674. The SMILES string of the molecule is [Ac].[NH-]C[C@H]1CN(c2ccc(NC(=O)c3cccnc3)c(F)c2)C(=O)O1. The Bertz CT molecular complexity index is 775. The van der Waals surface area contributed by atoms with Crippen LogP contribution in [0.25, 0.3) is 5.73 Å². The Hall–Kier alpha value is -1.56. The Morgan fingerprint density at radius 2 is 2.24 bits per heavy atom. The molecule has 1 radical (unpaired) electrons. The van der Waals surface area contributed by atoms with Crippen LogP contribution in [-0.2, 0) is 4.74 Å². The fourth-order valence-corrected chi connectivity index (χ4v) is 2.30. The monoisotopic (exact) mass is 556 g/mol. The number of cyclic esters (lactones) is 1. The van der Waals surface area contributed by atoms with E-state index in [0.29, 0.717) is 11.3 Å². The number of benzene rings is 1. The van der Waals surface area contributed by atoms with Gasteiger partial charge in [0.25, 0.3) is 5.91 Å². The second kappa shape index (κ2) is 8.70. The standard InChI is InChI=1S/C16H14FN4O3.Ac/c17-13-6-11(21-9-12(7-18)24-16(21)23)3-4-14(13)20-15(22)10-2-1-5-19-8-10;/h1-6,8,12,18H,7,9H2,(H,20,22);/q-1;/t12-;/m0./s1. The van der Waals surface area contributed by atoms with Gasteiger partial charge in [-0.15, -0.1) is 6.54 Å². The minimum absolute atomic E-state index is 0. The zero-order valence-corrected chi connectivity index (χ0v) is 17.9. The summed E-state index contributed by atoms with van der Waals surface area (Å²) in [4.78, 5) is 28.8. The largest absolute Gasteiger partial charge is 0.674 e. The molecule has 1 aromatic carbocycles. The molecule has 1 aliphatic rings. The van der Waals surface area contributed by atoms with E-state index in [2.05, 4.69) is 10.3 Å². The molecule has 1 saturated heterocycles. The van der Waals surface area contributed by atoms with E-state index in [1.807, 2.05) is 0 Å². The number of rotatable bonds is 4. The van der Waals surface area contributed by atoms with Crippen LogP contribution in [0.15, 0.2) is 42.7 Å². The molecule has 25 heavy (non-hydrogen) atoms. The van der Waals surface area contributed by atoms with Crippen molar-refractivity contribution in [2.24, 2.45) is 0 Å². The number of pyridine rings is 1. The summed E-state index contributed by atoms with van der Waals surface area (Å²) in [7, 11) is 0. The normalized spacial score (nSPS) is 16.2. The van der Waals surface area contributed by atoms with Gasteiger partial charge in [-0.2, -0.15) is 0 Å². The maximum atomic E-state index is 14.2. The fraction of sp³-hybridized carbons (Fsp3) is 0.188. The third kappa shape index (κ3) is 4.54. The molecule has 0 saturated carbocycles. The van der Waals surface area contributed by atoms with E-state index in [-0.39, 0.29) is 62.8 Å². The Balaban J connectivity index is 0.00000225. The van der Waals surface area contributed by atoms with Gasteiger partial charge in [-0.3, -0.25) is 14.7 Å². The van der Waals surface area contributed by atoms with Gasteiger partial charge >= 0.3 is 6.09 Å². The summed E-state index contributed by atoms with van der Waals surface area (Å²) < 4.78 is 19.2. The molecule has 1 fully saturated rings. The summed E-state index contributed by atoms with van der Waals surface area (Å²) in [5.41, 5.74) is 7.86. The summed E-state index contributed by atoms with van der Waals surface area (Å²) in [5, 5.41) is 2.46. The average molecular weight is 556 g/mol.